The average Bonchev–Trinajstić information content (AvgIpc) is 2.88. The zero-order valence-electron chi connectivity index (χ0n) is 15.4. The van der Waals surface area contributed by atoms with Gasteiger partial charge in [-0.2, -0.15) is 0 Å². The van der Waals surface area contributed by atoms with Crippen LogP contribution in [0.1, 0.15) is 30.6 Å². The maximum atomic E-state index is 9.99. The van der Waals surface area contributed by atoms with E-state index in [-0.39, 0.29) is 18.6 Å². The van der Waals surface area contributed by atoms with Crippen molar-refractivity contribution in [1.82, 2.24) is 9.47 Å². The number of likely N-dealkylation sites (N-methyl/N-ethyl adjacent to an activating group) is 1. The van der Waals surface area contributed by atoms with Gasteiger partial charge in [-0.1, -0.05) is 18.2 Å². The predicted molar refractivity (Wildman–Crippen MR) is 98.5 cm³/mol. The standard InChI is InChI=1S/C21H28N2O2/c1-12-16(10-24)14-8-20-21-15(9-19(22(20)2)17(14)11-25-12)13-6-4-5-7-18(13)23(21)3/h4-7,12,14,16-17,19-20,24H,8-11H2,1-3H3/t12-,14+,16+,17+,19-,20-/m0/s1. The Kier molecular flexibility index (Phi) is 3.53. The highest BCUT2D eigenvalue weighted by atomic mass is 16.5. The van der Waals surface area contributed by atoms with Crippen LogP contribution in [0.15, 0.2) is 24.3 Å². The van der Waals surface area contributed by atoms with Gasteiger partial charge in [0, 0.05) is 48.1 Å². The molecule has 3 aliphatic rings. The Labute approximate surface area is 149 Å². The van der Waals surface area contributed by atoms with Crippen LogP contribution in [0.25, 0.3) is 10.9 Å². The van der Waals surface area contributed by atoms with E-state index in [1.165, 1.54) is 16.6 Å². The fraction of sp³-hybridized carbons (Fsp3) is 0.619. The van der Waals surface area contributed by atoms with Crippen molar-refractivity contribution < 1.29 is 9.84 Å². The minimum Gasteiger partial charge on any atom is -0.396 e. The molecule has 2 bridgehead atoms. The number of para-hydroxylation sites is 1. The number of aliphatic hydroxyl groups excluding tert-OH is 1. The molecule has 2 aromatic rings. The molecule has 25 heavy (non-hydrogen) atoms. The Bertz CT molecular complexity index is 814. The van der Waals surface area contributed by atoms with Gasteiger partial charge in [0.2, 0.25) is 0 Å². The SMILES string of the molecule is C[C@@H]1OC[C@@H]2[C@H](C[C@H]3c4c(c5ccccc5n4C)C[C@@H]2N3C)[C@@H]1CO. The van der Waals surface area contributed by atoms with E-state index < -0.39 is 0 Å². The van der Waals surface area contributed by atoms with Crippen LogP contribution in [0, 0.1) is 17.8 Å². The van der Waals surface area contributed by atoms with Gasteiger partial charge in [-0.05, 0) is 44.4 Å². The number of rotatable bonds is 1. The summed E-state index contributed by atoms with van der Waals surface area (Å²) in [6, 6.07) is 9.79. The van der Waals surface area contributed by atoms with Gasteiger partial charge in [-0.3, -0.25) is 4.90 Å². The van der Waals surface area contributed by atoms with Gasteiger partial charge in [0.15, 0.2) is 0 Å². The van der Waals surface area contributed by atoms with Gasteiger partial charge < -0.3 is 14.4 Å². The van der Waals surface area contributed by atoms with Gasteiger partial charge in [0.05, 0.1) is 18.8 Å². The first-order chi connectivity index (χ1) is 12.1. The van der Waals surface area contributed by atoms with E-state index in [9.17, 15) is 5.11 Å². The summed E-state index contributed by atoms with van der Waals surface area (Å²) < 4.78 is 8.50. The van der Waals surface area contributed by atoms with E-state index in [1.54, 1.807) is 5.56 Å². The molecule has 2 saturated heterocycles. The van der Waals surface area contributed by atoms with E-state index in [4.69, 9.17) is 4.74 Å². The van der Waals surface area contributed by atoms with Crippen LogP contribution in [0.5, 0.6) is 0 Å². The molecular weight excluding hydrogens is 312 g/mol. The van der Waals surface area contributed by atoms with E-state index in [1.807, 2.05) is 0 Å². The summed E-state index contributed by atoms with van der Waals surface area (Å²) in [6.07, 6.45) is 2.40. The van der Waals surface area contributed by atoms with Crippen molar-refractivity contribution >= 4 is 10.9 Å². The number of ether oxygens (including phenoxy) is 1. The number of nitrogens with zero attached hydrogens (tertiary/aromatic N) is 2. The van der Waals surface area contributed by atoms with Crippen molar-refractivity contribution in [3.05, 3.63) is 35.5 Å². The van der Waals surface area contributed by atoms with Crippen LogP contribution in [-0.4, -0.2) is 47.0 Å². The monoisotopic (exact) mass is 340 g/mol. The molecule has 0 saturated carbocycles. The van der Waals surface area contributed by atoms with E-state index >= 15 is 0 Å². The molecule has 0 radical (unpaired) electrons. The molecule has 4 heteroatoms. The first-order valence-corrected chi connectivity index (χ1v) is 9.62. The zero-order chi connectivity index (χ0) is 17.3. The predicted octanol–water partition coefficient (Wildman–Crippen LogP) is 2.74. The summed E-state index contributed by atoms with van der Waals surface area (Å²) in [5.41, 5.74) is 4.39. The molecule has 4 heterocycles. The number of fused-ring (bicyclic) bond motifs is 8. The van der Waals surface area contributed by atoms with Gasteiger partial charge in [-0.15, -0.1) is 0 Å². The van der Waals surface area contributed by atoms with Crippen molar-refractivity contribution in [3.8, 4) is 0 Å². The lowest BCUT2D eigenvalue weighted by Crippen LogP contribution is -2.59. The van der Waals surface area contributed by atoms with Gasteiger partial charge in [0.1, 0.15) is 0 Å². The lowest BCUT2D eigenvalue weighted by Gasteiger charge is -2.56. The molecule has 1 aromatic carbocycles. The van der Waals surface area contributed by atoms with Crippen LogP contribution in [0.3, 0.4) is 0 Å². The number of aromatic nitrogens is 1. The number of aryl methyl sites for hydroxylation is 1. The molecular formula is C21H28N2O2. The Morgan fingerprint density at radius 3 is 2.80 bits per heavy atom. The van der Waals surface area contributed by atoms with E-state index in [0.717, 1.165) is 19.4 Å². The minimum atomic E-state index is 0.169. The number of benzene rings is 1. The maximum Gasteiger partial charge on any atom is 0.0600 e. The van der Waals surface area contributed by atoms with Crippen molar-refractivity contribution in [2.45, 2.75) is 38.0 Å². The maximum absolute atomic E-state index is 9.99. The van der Waals surface area contributed by atoms with Crippen LogP contribution >= 0.6 is 0 Å². The first-order valence-electron chi connectivity index (χ1n) is 9.62. The summed E-state index contributed by atoms with van der Waals surface area (Å²) in [6.45, 7) is 3.21. The van der Waals surface area contributed by atoms with Crippen molar-refractivity contribution in [2.75, 3.05) is 20.3 Å². The van der Waals surface area contributed by atoms with Crippen LogP contribution in [-0.2, 0) is 18.2 Å². The summed E-state index contributed by atoms with van der Waals surface area (Å²) in [5, 5.41) is 11.4. The molecule has 6 atom stereocenters. The van der Waals surface area contributed by atoms with Crippen molar-refractivity contribution in [1.29, 1.82) is 0 Å². The van der Waals surface area contributed by atoms with Gasteiger partial charge >= 0.3 is 0 Å². The number of aliphatic hydroxyl groups is 1. The average molecular weight is 340 g/mol. The van der Waals surface area contributed by atoms with Crippen molar-refractivity contribution in [2.24, 2.45) is 24.8 Å². The van der Waals surface area contributed by atoms with E-state index in [2.05, 4.69) is 54.8 Å². The number of hydrogen-bond acceptors (Lipinski definition) is 3. The summed E-state index contributed by atoms with van der Waals surface area (Å²) in [7, 11) is 4.51. The highest BCUT2D eigenvalue weighted by Crippen LogP contribution is 2.52. The summed E-state index contributed by atoms with van der Waals surface area (Å²) in [5.74, 6) is 1.36. The highest BCUT2D eigenvalue weighted by Gasteiger charge is 2.51. The molecule has 0 spiro atoms. The third-order valence-corrected chi connectivity index (χ3v) is 7.46. The topological polar surface area (TPSA) is 37.6 Å². The largest absolute Gasteiger partial charge is 0.396 e. The third kappa shape index (κ3) is 2.05. The normalized spacial score (nSPS) is 37.8. The quantitative estimate of drug-likeness (QED) is 0.867. The zero-order valence-corrected chi connectivity index (χ0v) is 15.4. The molecule has 0 unspecified atom stereocenters. The van der Waals surface area contributed by atoms with E-state index in [0.29, 0.717) is 23.9 Å². The number of piperidine rings is 1. The molecule has 4 nitrogen and oxygen atoms in total. The Balaban J connectivity index is 1.65. The molecule has 5 rings (SSSR count). The van der Waals surface area contributed by atoms with Crippen molar-refractivity contribution in [3.63, 3.8) is 0 Å². The Morgan fingerprint density at radius 2 is 2.00 bits per heavy atom. The second-order valence-corrected chi connectivity index (χ2v) is 8.34. The van der Waals surface area contributed by atoms with Crippen LogP contribution < -0.4 is 0 Å². The second kappa shape index (κ2) is 5.57. The fourth-order valence-electron chi connectivity index (χ4n) is 6.10. The Hall–Kier alpha value is -1.36. The van der Waals surface area contributed by atoms with Crippen LogP contribution in [0.2, 0.25) is 0 Å². The molecule has 3 aliphatic heterocycles. The number of hydrogen-bond donors (Lipinski definition) is 1. The first kappa shape index (κ1) is 15.9. The molecule has 2 fully saturated rings. The fourth-order valence-corrected chi connectivity index (χ4v) is 6.10. The Morgan fingerprint density at radius 1 is 1.20 bits per heavy atom. The third-order valence-electron chi connectivity index (χ3n) is 7.46. The minimum absolute atomic E-state index is 0.169. The molecule has 134 valence electrons. The lowest BCUT2D eigenvalue weighted by atomic mass is 9.64. The lowest BCUT2D eigenvalue weighted by molar-refractivity contribution is -0.150. The van der Waals surface area contributed by atoms with Gasteiger partial charge in [0.25, 0.3) is 0 Å². The summed E-state index contributed by atoms with van der Waals surface area (Å²) in [4.78, 5) is 2.59. The highest BCUT2D eigenvalue weighted by molar-refractivity contribution is 5.86. The molecule has 1 N–H and O–H groups in total. The molecule has 0 aliphatic carbocycles. The summed E-state index contributed by atoms with van der Waals surface area (Å²) >= 11 is 0. The smallest absolute Gasteiger partial charge is 0.0600 e. The molecule has 0 amide bonds. The molecule has 1 aromatic heterocycles. The van der Waals surface area contributed by atoms with Crippen LogP contribution in [0.4, 0.5) is 0 Å². The second-order valence-electron chi connectivity index (χ2n) is 8.34. The van der Waals surface area contributed by atoms with Gasteiger partial charge in [-0.25, -0.2) is 0 Å².